The molecule has 2 aromatic rings. The van der Waals surface area contributed by atoms with Crippen molar-refractivity contribution in [2.24, 2.45) is 11.8 Å². The first-order valence-electron chi connectivity index (χ1n) is 11.2. The molecule has 6 heteroatoms. The standard InChI is InChI=1S/C25H24N2O4/c28-23(18-11-6-14-31-18)22-20-19(21-17-10-5-4-7-15(17)12-13-26(21)22)24(29)27(25(20)30)16-8-2-1-3-9-16/h4-7,10-14,16,19-22H,1-3,8-9H2/p+1/t19-,20+,21-,22-/m0/s1. The van der Waals surface area contributed by atoms with Gasteiger partial charge in [-0.15, -0.1) is 0 Å². The molecule has 1 aliphatic carbocycles. The van der Waals surface area contributed by atoms with Gasteiger partial charge in [-0.05, 0) is 36.6 Å². The van der Waals surface area contributed by atoms with Crippen molar-refractivity contribution in [2.45, 2.75) is 50.2 Å². The Kier molecular flexibility index (Phi) is 4.25. The van der Waals surface area contributed by atoms with Gasteiger partial charge in [0, 0.05) is 11.6 Å². The van der Waals surface area contributed by atoms with Gasteiger partial charge in [0.05, 0.1) is 12.5 Å². The molecular weight excluding hydrogens is 392 g/mol. The largest absolute Gasteiger partial charge is 0.461 e. The summed E-state index contributed by atoms with van der Waals surface area (Å²) >= 11 is 0. The maximum absolute atomic E-state index is 13.7. The molecule has 2 saturated heterocycles. The Hall–Kier alpha value is -2.99. The number of furan rings is 1. The number of Topliss-reactive ketones (excluding diaryl/α,β-unsaturated/α-hetero) is 1. The Morgan fingerprint density at radius 3 is 2.52 bits per heavy atom. The van der Waals surface area contributed by atoms with E-state index in [1.54, 1.807) is 12.1 Å². The molecule has 0 bridgehead atoms. The van der Waals surface area contributed by atoms with Crippen molar-refractivity contribution in [2.75, 3.05) is 0 Å². The lowest BCUT2D eigenvalue weighted by molar-refractivity contribution is -0.884. The van der Waals surface area contributed by atoms with E-state index in [9.17, 15) is 14.4 Å². The van der Waals surface area contributed by atoms with Crippen LogP contribution in [0.1, 0.15) is 59.8 Å². The maximum Gasteiger partial charge on any atom is 0.256 e. The Bertz CT molecular complexity index is 1080. The van der Waals surface area contributed by atoms with Crippen molar-refractivity contribution >= 4 is 23.7 Å². The number of quaternary nitrogens is 1. The zero-order chi connectivity index (χ0) is 21.1. The number of likely N-dealkylation sites (tertiary alicyclic amines) is 1. The van der Waals surface area contributed by atoms with E-state index in [1.807, 2.05) is 36.5 Å². The van der Waals surface area contributed by atoms with Gasteiger partial charge in [-0.1, -0.05) is 43.5 Å². The fraction of sp³-hybridized carbons (Fsp3) is 0.400. The Balaban J connectivity index is 1.47. The van der Waals surface area contributed by atoms with Gasteiger partial charge in [0.2, 0.25) is 11.8 Å². The van der Waals surface area contributed by atoms with E-state index < -0.39 is 17.9 Å². The molecule has 1 saturated carbocycles. The second kappa shape index (κ2) is 7.02. The summed E-state index contributed by atoms with van der Waals surface area (Å²) in [5, 5.41) is 0. The summed E-state index contributed by atoms with van der Waals surface area (Å²) < 4.78 is 5.41. The zero-order valence-corrected chi connectivity index (χ0v) is 17.2. The molecule has 2 amide bonds. The van der Waals surface area contributed by atoms with Crippen LogP contribution in [0.25, 0.3) is 6.08 Å². The second-order valence-electron chi connectivity index (χ2n) is 9.15. The van der Waals surface area contributed by atoms with E-state index >= 15 is 0 Å². The Morgan fingerprint density at radius 2 is 1.74 bits per heavy atom. The number of amides is 2. The summed E-state index contributed by atoms with van der Waals surface area (Å²) in [5.41, 5.74) is 2.09. The Labute approximate surface area is 180 Å². The number of carbonyl (C=O) groups is 3. The summed E-state index contributed by atoms with van der Waals surface area (Å²) in [4.78, 5) is 43.4. The van der Waals surface area contributed by atoms with E-state index in [0.29, 0.717) is 0 Å². The molecule has 4 aliphatic rings. The number of nitrogens with zero attached hydrogens (tertiary/aromatic N) is 1. The molecule has 5 atom stereocenters. The highest BCUT2D eigenvalue weighted by Gasteiger charge is 2.68. The minimum absolute atomic E-state index is 0.0310. The Morgan fingerprint density at radius 1 is 0.968 bits per heavy atom. The SMILES string of the molecule is O=C(c1ccco1)[C@@H]1[C@@H]2C(=O)N(C3CCCCC3)C(=O)[C@@H]2[C@@H]2c3ccccc3C=C[NH+]12. The molecule has 1 aromatic heterocycles. The van der Waals surface area contributed by atoms with Crippen molar-refractivity contribution < 1.29 is 23.7 Å². The van der Waals surface area contributed by atoms with E-state index in [1.165, 1.54) is 11.2 Å². The number of carbonyl (C=O) groups excluding carboxylic acids is 3. The summed E-state index contributed by atoms with van der Waals surface area (Å²) in [7, 11) is 0. The molecule has 6 rings (SSSR count). The predicted molar refractivity (Wildman–Crippen MR) is 112 cm³/mol. The van der Waals surface area contributed by atoms with E-state index in [2.05, 4.69) is 0 Å². The van der Waals surface area contributed by atoms with Gasteiger partial charge < -0.3 is 4.42 Å². The summed E-state index contributed by atoms with van der Waals surface area (Å²) in [6.07, 6.45) is 10.4. The molecule has 1 unspecified atom stereocenters. The summed E-state index contributed by atoms with van der Waals surface area (Å²) in [5.74, 6) is -1.38. The van der Waals surface area contributed by atoms with Crippen molar-refractivity contribution in [1.29, 1.82) is 0 Å². The van der Waals surface area contributed by atoms with Crippen LogP contribution in [-0.4, -0.2) is 34.6 Å². The van der Waals surface area contributed by atoms with Gasteiger partial charge in [-0.3, -0.25) is 24.2 Å². The smallest absolute Gasteiger partial charge is 0.256 e. The maximum atomic E-state index is 13.7. The fourth-order valence-corrected chi connectivity index (χ4v) is 6.34. The van der Waals surface area contributed by atoms with Crippen LogP contribution in [-0.2, 0) is 9.59 Å². The quantitative estimate of drug-likeness (QED) is 0.615. The van der Waals surface area contributed by atoms with Crippen LogP contribution in [0, 0.1) is 11.8 Å². The number of rotatable bonds is 3. The molecular formula is C25H25N2O4+. The number of hydrogen-bond donors (Lipinski definition) is 1. The number of hydrogen-bond acceptors (Lipinski definition) is 4. The number of fused-ring (bicyclic) bond motifs is 5. The van der Waals surface area contributed by atoms with Gasteiger partial charge in [-0.25, -0.2) is 0 Å². The van der Waals surface area contributed by atoms with Crippen LogP contribution in [0.3, 0.4) is 0 Å². The van der Waals surface area contributed by atoms with Crippen molar-refractivity contribution in [1.82, 2.24) is 4.90 Å². The number of imide groups is 1. The van der Waals surface area contributed by atoms with Crippen molar-refractivity contribution in [3.8, 4) is 0 Å². The minimum Gasteiger partial charge on any atom is -0.461 e. The average Bonchev–Trinajstić information content (AvgIpc) is 3.50. The number of ketones is 1. The van der Waals surface area contributed by atoms with Crippen LogP contribution in [0.2, 0.25) is 0 Å². The van der Waals surface area contributed by atoms with Crippen molar-refractivity contribution in [3.63, 3.8) is 0 Å². The predicted octanol–water partition coefficient (Wildman–Crippen LogP) is 2.39. The molecule has 0 spiro atoms. The third kappa shape index (κ3) is 2.64. The average molecular weight is 417 g/mol. The minimum atomic E-state index is -0.657. The first kappa shape index (κ1) is 18.8. The van der Waals surface area contributed by atoms with Crippen molar-refractivity contribution in [3.05, 3.63) is 65.7 Å². The first-order valence-corrected chi connectivity index (χ1v) is 11.2. The monoisotopic (exact) mass is 417 g/mol. The second-order valence-corrected chi connectivity index (χ2v) is 9.15. The lowest BCUT2D eigenvalue weighted by atomic mass is 9.84. The van der Waals surface area contributed by atoms with Crippen LogP contribution in [0.5, 0.6) is 0 Å². The van der Waals surface area contributed by atoms with Gasteiger partial charge in [0.25, 0.3) is 5.78 Å². The molecule has 31 heavy (non-hydrogen) atoms. The van der Waals surface area contributed by atoms with Crippen LogP contribution < -0.4 is 4.90 Å². The third-order valence-corrected chi connectivity index (χ3v) is 7.64. The first-order chi connectivity index (χ1) is 15.2. The topological polar surface area (TPSA) is 72.0 Å². The van der Waals surface area contributed by atoms with Gasteiger partial charge in [0.1, 0.15) is 17.9 Å². The molecule has 0 radical (unpaired) electrons. The molecule has 3 fully saturated rings. The van der Waals surface area contributed by atoms with E-state index in [0.717, 1.165) is 48.1 Å². The highest BCUT2D eigenvalue weighted by atomic mass is 16.3. The van der Waals surface area contributed by atoms with Crippen LogP contribution in [0.4, 0.5) is 0 Å². The molecule has 6 nitrogen and oxygen atoms in total. The summed E-state index contributed by atoms with van der Waals surface area (Å²) in [6, 6.07) is 10.4. The number of benzene rings is 1. The summed E-state index contributed by atoms with van der Waals surface area (Å²) in [6.45, 7) is 0. The molecule has 1 N–H and O–H groups in total. The lowest BCUT2D eigenvalue weighted by Gasteiger charge is -2.34. The fourth-order valence-electron chi connectivity index (χ4n) is 6.34. The molecule has 4 heterocycles. The van der Waals surface area contributed by atoms with Gasteiger partial charge in [-0.2, -0.15) is 0 Å². The molecule has 158 valence electrons. The van der Waals surface area contributed by atoms with E-state index in [-0.39, 0.29) is 35.4 Å². The van der Waals surface area contributed by atoms with Crippen LogP contribution >= 0.6 is 0 Å². The normalized spacial score (nSPS) is 32.1. The number of nitrogens with one attached hydrogen (secondary N) is 1. The zero-order valence-electron chi connectivity index (χ0n) is 17.2. The lowest BCUT2D eigenvalue weighted by Crippen LogP contribution is -3.12. The van der Waals surface area contributed by atoms with Crippen LogP contribution in [0.15, 0.2) is 53.3 Å². The van der Waals surface area contributed by atoms with E-state index in [4.69, 9.17) is 4.42 Å². The van der Waals surface area contributed by atoms with Gasteiger partial charge >= 0.3 is 0 Å². The highest BCUT2D eigenvalue weighted by molar-refractivity contribution is 6.10. The molecule has 1 aromatic carbocycles. The highest BCUT2D eigenvalue weighted by Crippen LogP contribution is 2.45. The van der Waals surface area contributed by atoms with Gasteiger partial charge in [0.15, 0.2) is 11.8 Å². The molecule has 3 aliphatic heterocycles. The third-order valence-electron chi connectivity index (χ3n) is 7.64.